The summed E-state index contributed by atoms with van der Waals surface area (Å²) in [7, 11) is 0. The Morgan fingerprint density at radius 1 is 1.04 bits per heavy atom. The van der Waals surface area contributed by atoms with E-state index in [-0.39, 0.29) is 12.3 Å². The van der Waals surface area contributed by atoms with Crippen molar-refractivity contribution in [3.05, 3.63) is 65.4 Å². The van der Waals surface area contributed by atoms with Gasteiger partial charge in [-0.2, -0.15) is 10.3 Å². The summed E-state index contributed by atoms with van der Waals surface area (Å²) < 4.78 is 10.8. The lowest BCUT2D eigenvalue weighted by atomic mass is 10.1. The molecule has 128 valence electrons. The van der Waals surface area contributed by atoms with Gasteiger partial charge in [-0.15, -0.1) is 5.10 Å². The van der Waals surface area contributed by atoms with Gasteiger partial charge in [-0.1, -0.05) is 29.8 Å². The van der Waals surface area contributed by atoms with Crippen LogP contribution < -0.4 is 4.74 Å². The van der Waals surface area contributed by atoms with Crippen molar-refractivity contribution in [1.82, 2.24) is 15.4 Å². The molecular formula is C19H19N3O3. The zero-order valence-electron chi connectivity index (χ0n) is 14.2. The number of benzene rings is 2. The molecule has 0 aliphatic rings. The van der Waals surface area contributed by atoms with Gasteiger partial charge in [0.25, 0.3) is 0 Å². The molecule has 3 rings (SSSR count). The van der Waals surface area contributed by atoms with E-state index >= 15 is 0 Å². The van der Waals surface area contributed by atoms with Gasteiger partial charge in [-0.05, 0) is 43.7 Å². The topological polar surface area (TPSA) is 77.1 Å². The minimum atomic E-state index is -0.494. The fourth-order valence-electron chi connectivity index (χ4n) is 2.33. The summed E-state index contributed by atoms with van der Waals surface area (Å²) >= 11 is 0. The Morgan fingerprint density at radius 3 is 2.44 bits per heavy atom. The van der Waals surface area contributed by atoms with Crippen molar-refractivity contribution in [2.45, 2.75) is 20.5 Å². The molecule has 0 aliphatic carbocycles. The van der Waals surface area contributed by atoms with Crippen LogP contribution in [-0.2, 0) is 11.3 Å². The zero-order valence-corrected chi connectivity index (χ0v) is 14.2. The van der Waals surface area contributed by atoms with Crippen LogP contribution in [0.15, 0.2) is 48.5 Å². The average Bonchev–Trinajstić information content (AvgIpc) is 3.12. The van der Waals surface area contributed by atoms with Crippen LogP contribution in [0.5, 0.6) is 5.75 Å². The van der Waals surface area contributed by atoms with Gasteiger partial charge < -0.3 is 9.47 Å². The second kappa shape index (κ2) is 7.61. The van der Waals surface area contributed by atoms with E-state index in [1.807, 2.05) is 36.4 Å². The third kappa shape index (κ3) is 4.03. The molecule has 6 nitrogen and oxygen atoms in total. The quantitative estimate of drug-likeness (QED) is 0.696. The molecule has 0 atom stereocenters. The molecule has 1 N–H and O–H groups in total. The molecule has 0 bridgehead atoms. The lowest BCUT2D eigenvalue weighted by Crippen LogP contribution is -2.06. The molecule has 0 saturated carbocycles. The number of carbonyl (C=O) groups is 1. The summed E-state index contributed by atoms with van der Waals surface area (Å²) in [5.41, 5.74) is 3.73. The molecular weight excluding hydrogens is 318 g/mol. The average molecular weight is 337 g/mol. The number of aromatic nitrogens is 3. The van der Waals surface area contributed by atoms with Crippen molar-refractivity contribution in [1.29, 1.82) is 0 Å². The van der Waals surface area contributed by atoms with Crippen molar-refractivity contribution < 1.29 is 14.3 Å². The Bertz CT molecular complexity index is 839. The molecule has 3 aromatic rings. The van der Waals surface area contributed by atoms with Gasteiger partial charge in [-0.3, -0.25) is 0 Å². The number of nitrogens with zero attached hydrogens (tertiary/aromatic N) is 2. The summed E-state index contributed by atoms with van der Waals surface area (Å²) in [6.07, 6.45) is 0. The molecule has 0 fully saturated rings. The summed E-state index contributed by atoms with van der Waals surface area (Å²) in [5.74, 6) is 0.247. The Balaban J connectivity index is 1.69. The second-order valence-electron chi connectivity index (χ2n) is 5.54. The third-order valence-electron chi connectivity index (χ3n) is 3.67. The van der Waals surface area contributed by atoms with Gasteiger partial charge in [-0.25, -0.2) is 4.79 Å². The van der Waals surface area contributed by atoms with E-state index in [4.69, 9.17) is 9.47 Å². The van der Waals surface area contributed by atoms with E-state index in [1.54, 1.807) is 6.92 Å². The van der Waals surface area contributed by atoms with E-state index in [2.05, 4.69) is 34.5 Å². The lowest BCUT2D eigenvalue weighted by Gasteiger charge is -2.07. The van der Waals surface area contributed by atoms with E-state index in [0.29, 0.717) is 12.3 Å². The Morgan fingerprint density at radius 2 is 1.76 bits per heavy atom. The van der Waals surface area contributed by atoms with Gasteiger partial charge >= 0.3 is 5.97 Å². The first-order valence-corrected chi connectivity index (χ1v) is 8.04. The number of aryl methyl sites for hydroxylation is 1. The first-order valence-electron chi connectivity index (χ1n) is 8.04. The zero-order chi connectivity index (χ0) is 17.6. The molecule has 0 saturated heterocycles. The highest BCUT2D eigenvalue weighted by Gasteiger charge is 2.18. The van der Waals surface area contributed by atoms with Crippen molar-refractivity contribution >= 4 is 5.97 Å². The number of hydrogen-bond donors (Lipinski definition) is 1. The van der Waals surface area contributed by atoms with E-state index < -0.39 is 5.97 Å². The molecule has 2 aromatic carbocycles. The van der Waals surface area contributed by atoms with Crippen molar-refractivity contribution in [2.24, 2.45) is 0 Å². The molecule has 1 aromatic heterocycles. The predicted octanol–water partition coefficient (Wildman–Crippen LogP) is 3.54. The summed E-state index contributed by atoms with van der Waals surface area (Å²) in [6, 6.07) is 15.6. The van der Waals surface area contributed by atoms with E-state index in [9.17, 15) is 4.79 Å². The maximum atomic E-state index is 11.9. The van der Waals surface area contributed by atoms with E-state index in [0.717, 1.165) is 16.9 Å². The molecule has 1 heterocycles. The summed E-state index contributed by atoms with van der Waals surface area (Å²) in [6.45, 7) is 4.59. The molecule has 0 amide bonds. The summed E-state index contributed by atoms with van der Waals surface area (Å²) in [5, 5.41) is 10.4. The number of H-pyrrole nitrogens is 1. The fourth-order valence-corrected chi connectivity index (χ4v) is 2.33. The maximum Gasteiger partial charge on any atom is 0.361 e. The second-order valence-corrected chi connectivity index (χ2v) is 5.54. The smallest absolute Gasteiger partial charge is 0.361 e. The van der Waals surface area contributed by atoms with Gasteiger partial charge in [0.05, 0.1) is 6.61 Å². The molecule has 6 heteroatoms. The number of rotatable bonds is 6. The first-order chi connectivity index (χ1) is 12.2. The summed E-state index contributed by atoms with van der Waals surface area (Å²) in [4.78, 5) is 11.9. The normalized spacial score (nSPS) is 10.5. The fraction of sp³-hybridized carbons (Fsp3) is 0.211. The van der Waals surface area contributed by atoms with Crippen molar-refractivity contribution in [2.75, 3.05) is 6.61 Å². The highest BCUT2D eigenvalue weighted by molar-refractivity contribution is 5.93. The van der Waals surface area contributed by atoms with Gasteiger partial charge in [0, 0.05) is 5.56 Å². The van der Waals surface area contributed by atoms with Gasteiger partial charge in [0.15, 0.2) is 5.69 Å². The van der Waals surface area contributed by atoms with Crippen LogP contribution in [0.25, 0.3) is 11.3 Å². The van der Waals surface area contributed by atoms with Crippen LogP contribution in [0.1, 0.15) is 28.5 Å². The Labute approximate surface area is 145 Å². The largest absolute Gasteiger partial charge is 0.489 e. The van der Waals surface area contributed by atoms with Gasteiger partial charge in [0.1, 0.15) is 18.1 Å². The number of ether oxygens (including phenoxy) is 2. The SMILES string of the molecule is CCOC(=O)c1n[nH]nc1-c1ccc(OCc2ccc(C)cc2)cc1. The minimum Gasteiger partial charge on any atom is -0.489 e. The van der Waals surface area contributed by atoms with Gasteiger partial charge in [0.2, 0.25) is 0 Å². The molecule has 0 aliphatic heterocycles. The number of esters is 1. The van der Waals surface area contributed by atoms with Crippen molar-refractivity contribution in [3.63, 3.8) is 0 Å². The monoisotopic (exact) mass is 337 g/mol. The number of carbonyl (C=O) groups excluding carboxylic acids is 1. The predicted molar refractivity (Wildman–Crippen MR) is 93.3 cm³/mol. The highest BCUT2D eigenvalue weighted by Crippen LogP contribution is 2.23. The van der Waals surface area contributed by atoms with Crippen LogP contribution in [0.4, 0.5) is 0 Å². The number of hydrogen-bond acceptors (Lipinski definition) is 5. The molecule has 0 spiro atoms. The Hall–Kier alpha value is -3.15. The number of nitrogens with one attached hydrogen (secondary N) is 1. The van der Waals surface area contributed by atoms with Crippen molar-refractivity contribution in [3.8, 4) is 17.0 Å². The van der Waals surface area contributed by atoms with Crippen LogP contribution >= 0.6 is 0 Å². The van der Waals surface area contributed by atoms with Crippen LogP contribution in [0.2, 0.25) is 0 Å². The maximum absolute atomic E-state index is 11.9. The standard InChI is InChI=1S/C19H19N3O3/c1-3-24-19(23)18-17(20-22-21-18)15-8-10-16(11-9-15)25-12-14-6-4-13(2)5-7-14/h4-11H,3,12H2,1-2H3,(H,20,21,22). The third-order valence-corrected chi connectivity index (χ3v) is 3.67. The van der Waals surface area contributed by atoms with Crippen LogP contribution in [-0.4, -0.2) is 28.0 Å². The molecule has 0 radical (unpaired) electrons. The first kappa shape index (κ1) is 16.7. The van der Waals surface area contributed by atoms with Crippen LogP contribution in [0.3, 0.4) is 0 Å². The number of aromatic amines is 1. The minimum absolute atomic E-state index is 0.176. The van der Waals surface area contributed by atoms with E-state index in [1.165, 1.54) is 5.56 Å². The molecule has 25 heavy (non-hydrogen) atoms. The van der Waals surface area contributed by atoms with Crippen LogP contribution in [0, 0.1) is 6.92 Å². The highest BCUT2D eigenvalue weighted by atomic mass is 16.5. The molecule has 0 unspecified atom stereocenters. The lowest BCUT2D eigenvalue weighted by molar-refractivity contribution is 0.0520. The Kier molecular flexibility index (Phi) is 5.09.